The topological polar surface area (TPSA) is 67.2 Å². The van der Waals surface area contributed by atoms with Crippen LogP contribution in [0.25, 0.3) is 6.08 Å². The third-order valence-electron chi connectivity index (χ3n) is 3.27. The Hall–Kier alpha value is -1.80. The summed E-state index contributed by atoms with van der Waals surface area (Å²) in [6.07, 6.45) is 4.22. The number of ether oxygens (including phenoxy) is 1. The maximum Gasteiger partial charge on any atom is 0.185 e. The number of nitriles is 1. The van der Waals surface area contributed by atoms with E-state index in [4.69, 9.17) is 10.00 Å². The van der Waals surface area contributed by atoms with Crippen molar-refractivity contribution >= 4 is 15.9 Å². The van der Waals surface area contributed by atoms with Crippen LogP contribution in [0.1, 0.15) is 31.4 Å². The van der Waals surface area contributed by atoms with Crippen LogP contribution in [0.4, 0.5) is 0 Å². The van der Waals surface area contributed by atoms with Crippen molar-refractivity contribution in [2.75, 3.05) is 6.26 Å². The third-order valence-corrected chi connectivity index (χ3v) is 4.28. The Morgan fingerprint density at radius 3 is 2.75 bits per heavy atom. The van der Waals surface area contributed by atoms with Gasteiger partial charge in [-0.1, -0.05) is 6.07 Å². The zero-order chi connectivity index (χ0) is 15.0. The predicted octanol–water partition coefficient (Wildman–Crippen LogP) is 2.70. The Kier molecular flexibility index (Phi) is 3.61. The second-order valence-electron chi connectivity index (χ2n) is 5.62. The van der Waals surface area contributed by atoms with Crippen LogP contribution in [0.5, 0.6) is 5.75 Å². The normalized spacial score (nSPS) is 17.8. The molecule has 4 nitrogen and oxygen atoms in total. The van der Waals surface area contributed by atoms with Gasteiger partial charge in [0, 0.05) is 6.26 Å². The van der Waals surface area contributed by atoms with Gasteiger partial charge in [0.05, 0.1) is 0 Å². The molecule has 1 aliphatic rings. The summed E-state index contributed by atoms with van der Waals surface area (Å²) in [6.45, 7) is 4.09. The monoisotopic (exact) mass is 291 g/mol. The lowest BCUT2D eigenvalue weighted by Crippen LogP contribution is -2.32. The summed E-state index contributed by atoms with van der Waals surface area (Å²) in [5.41, 5.74) is 1.58. The van der Waals surface area contributed by atoms with Gasteiger partial charge in [0.1, 0.15) is 22.3 Å². The maximum atomic E-state index is 11.4. The van der Waals surface area contributed by atoms with Crippen LogP contribution < -0.4 is 4.74 Å². The van der Waals surface area contributed by atoms with Crippen molar-refractivity contribution in [3.05, 3.63) is 34.2 Å². The van der Waals surface area contributed by atoms with E-state index in [9.17, 15) is 8.42 Å². The molecule has 106 valence electrons. The van der Waals surface area contributed by atoms with E-state index in [1.165, 1.54) is 6.08 Å². The standard InChI is InChI=1S/C15H17NO3S/c1-15(2)7-6-12-8-11(4-5-14(12)19-15)9-13(10-16)20(3,17)18/h4-5,8-9H,6-7H2,1-3H3/b13-9+. The number of fused-ring (bicyclic) bond motifs is 1. The molecule has 1 aromatic rings. The molecule has 0 saturated carbocycles. The summed E-state index contributed by atoms with van der Waals surface area (Å²) < 4.78 is 28.7. The van der Waals surface area contributed by atoms with E-state index in [1.54, 1.807) is 12.1 Å². The molecule has 2 rings (SSSR count). The molecular weight excluding hydrogens is 274 g/mol. The molecule has 0 fully saturated rings. The molecule has 5 heteroatoms. The second kappa shape index (κ2) is 4.95. The number of allylic oxidation sites excluding steroid dienone is 1. The molecule has 0 radical (unpaired) electrons. The first-order valence-electron chi connectivity index (χ1n) is 6.35. The molecule has 0 bridgehead atoms. The van der Waals surface area contributed by atoms with Crippen LogP contribution >= 0.6 is 0 Å². The van der Waals surface area contributed by atoms with Gasteiger partial charge in [-0.05, 0) is 56.0 Å². The van der Waals surface area contributed by atoms with Crippen molar-refractivity contribution in [3.63, 3.8) is 0 Å². The van der Waals surface area contributed by atoms with E-state index in [1.807, 2.05) is 26.0 Å². The Morgan fingerprint density at radius 1 is 1.45 bits per heavy atom. The van der Waals surface area contributed by atoms with Gasteiger partial charge >= 0.3 is 0 Å². The number of hydrogen-bond donors (Lipinski definition) is 0. The van der Waals surface area contributed by atoms with Crippen molar-refractivity contribution in [1.82, 2.24) is 0 Å². The fourth-order valence-electron chi connectivity index (χ4n) is 2.14. The Bertz CT molecular complexity index is 709. The summed E-state index contributed by atoms with van der Waals surface area (Å²) in [4.78, 5) is -0.227. The van der Waals surface area contributed by atoms with Crippen molar-refractivity contribution in [2.45, 2.75) is 32.3 Å². The van der Waals surface area contributed by atoms with Gasteiger partial charge in [0.2, 0.25) is 0 Å². The van der Waals surface area contributed by atoms with E-state index in [2.05, 4.69) is 0 Å². The van der Waals surface area contributed by atoms with Gasteiger partial charge in [-0.15, -0.1) is 0 Å². The van der Waals surface area contributed by atoms with Gasteiger partial charge < -0.3 is 4.74 Å². The summed E-state index contributed by atoms with van der Waals surface area (Å²) >= 11 is 0. The number of nitrogens with zero attached hydrogens (tertiary/aromatic N) is 1. The zero-order valence-corrected chi connectivity index (χ0v) is 12.6. The van der Waals surface area contributed by atoms with Crippen LogP contribution in [0.3, 0.4) is 0 Å². The van der Waals surface area contributed by atoms with Crippen molar-refractivity contribution in [3.8, 4) is 11.8 Å². The Labute approximate surface area is 119 Å². The highest BCUT2D eigenvalue weighted by molar-refractivity contribution is 7.95. The maximum absolute atomic E-state index is 11.4. The lowest BCUT2D eigenvalue weighted by Gasteiger charge is -2.32. The molecule has 0 spiro atoms. The first kappa shape index (κ1) is 14.6. The van der Waals surface area contributed by atoms with Crippen molar-refractivity contribution in [1.29, 1.82) is 5.26 Å². The summed E-state index contributed by atoms with van der Waals surface area (Å²) in [5, 5.41) is 8.91. The number of hydrogen-bond acceptors (Lipinski definition) is 4. The van der Waals surface area contributed by atoms with Gasteiger partial charge in [0.25, 0.3) is 0 Å². The largest absolute Gasteiger partial charge is 0.488 e. The molecule has 0 aromatic heterocycles. The fourth-order valence-corrected chi connectivity index (χ4v) is 2.66. The lowest BCUT2D eigenvalue weighted by molar-refractivity contribution is 0.0847. The van der Waals surface area contributed by atoms with Crippen LogP contribution in [-0.4, -0.2) is 20.3 Å². The molecular formula is C15H17NO3S. The molecule has 1 aliphatic heterocycles. The number of sulfone groups is 1. The van der Waals surface area contributed by atoms with Crippen LogP contribution in [0.2, 0.25) is 0 Å². The van der Waals surface area contributed by atoms with E-state index in [-0.39, 0.29) is 10.5 Å². The van der Waals surface area contributed by atoms with Crippen LogP contribution in [-0.2, 0) is 16.3 Å². The van der Waals surface area contributed by atoms with Gasteiger partial charge in [-0.25, -0.2) is 8.42 Å². The quantitative estimate of drug-likeness (QED) is 0.786. The molecule has 0 aliphatic carbocycles. The van der Waals surface area contributed by atoms with Gasteiger partial charge in [0.15, 0.2) is 9.84 Å². The highest BCUT2D eigenvalue weighted by Gasteiger charge is 2.26. The summed E-state index contributed by atoms with van der Waals surface area (Å²) in [7, 11) is -3.48. The minimum Gasteiger partial charge on any atom is -0.488 e. The molecule has 1 aromatic carbocycles. The summed E-state index contributed by atoms with van der Waals surface area (Å²) in [6, 6.07) is 7.21. The number of aryl methyl sites for hydroxylation is 1. The fraction of sp³-hybridized carbons (Fsp3) is 0.400. The van der Waals surface area contributed by atoms with Gasteiger partial charge in [-0.3, -0.25) is 0 Å². The number of benzene rings is 1. The molecule has 0 N–H and O–H groups in total. The van der Waals surface area contributed by atoms with Crippen molar-refractivity contribution in [2.24, 2.45) is 0 Å². The molecule has 0 amide bonds. The minimum absolute atomic E-state index is 0.172. The van der Waals surface area contributed by atoms with E-state index in [0.29, 0.717) is 5.56 Å². The Morgan fingerprint density at radius 2 is 2.15 bits per heavy atom. The lowest BCUT2D eigenvalue weighted by atomic mass is 9.93. The number of rotatable bonds is 2. The third kappa shape index (κ3) is 3.20. The molecule has 20 heavy (non-hydrogen) atoms. The zero-order valence-electron chi connectivity index (χ0n) is 11.8. The first-order chi connectivity index (χ1) is 9.21. The highest BCUT2D eigenvalue weighted by Crippen LogP contribution is 2.33. The average molecular weight is 291 g/mol. The molecule has 0 saturated heterocycles. The van der Waals surface area contributed by atoms with E-state index < -0.39 is 9.84 Å². The van der Waals surface area contributed by atoms with Crippen LogP contribution in [0.15, 0.2) is 23.1 Å². The molecule has 0 atom stereocenters. The van der Waals surface area contributed by atoms with Crippen molar-refractivity contribution < 1.29 is 13.2 Å². The smallest absolute Gasteiger partial charge is 0.185 e. The SMILES string of the molecule is CC1(C)CCc2cc(/C=C(\C#N)S(C)(=O)=O)ccc2O1. The summed E-state index contributed by atoms with van der Waals surface area (Å²) in [5.74, 6) is 0.830. The first-order valence-corrected chi connectivity index (χ1v) is 8.24. The Balaban J connectivity index is 2.39. The highest BCUT2D eigenvalue weighted by atomic mass is 32.2. The molecule has 0 unspecified atom stereocenters. The van der Waals surface area contributed by atoms with E-state index in [0.717, 1.165) is 30.4 Å². The van der Waals surface area contributed by atoms with Gasteiger partial charge in [-0.2, -0.15) is 5.26 Å². The minimum atomic E-state index is -3.48. The second-order valence-corrected chi connectivity index (χ2v) is 7.61. The van der Waals surface area contributed by atoms with E-state index >= 15 is 0 Å². The van der Waals surface area contributed by atoms with Crippen LogP contribution in [0, 0.1) is 11.3 Å². The average Bonchev–Trinajstić information content (AvgIpc) is 2.33. The molecule has 1 heterocycles. The predicted molar refractivity (Wildman–Crippen MR) is 77.9 cm³/mol.